The summed E-state index contributed by atoms with van der Waals surface area (Å²) < 4.78 is 11.4. The van der Waals surface area contributed by atoms with Gasteiger partial charge in [0.2, 0.25) is 5.91 Å². The Labute approximate surface area is 156 Å². The molecule has 1 unspecified atom stereocenters. The van der Waals surface area contributed by atoms with Crippen molar-refractivity contribution in [2.75, 3.05) is 5.32 Å². The lowest BCUT2D eigenvalue weighted by Crippen LogP contribution is -2.14. The zero-order chi connectivity index (χ0) is 19.0. The number of fused-ring (bicyclic) bond motifs is 1. The molecule has 2 aromatic carbocycles. The molecule has 2 aliphatic heterocycles. The quantitative estimate of drug-likeness (QED) is 0.614. The van der Waals surface area contributed by atoms with Gasteiger partial charge in [0.05, 0.1) is 16.9 Å². The first kappa shape index (κ1) is 17.5. The van der Waals surface area contributed by atoms with Crippen molar-refractivity contribution in [2.45, 2.75) is 5.92 Å². The molecule has 0 saturated heterocycles. The van der Waals surface area contributed by atoms with Gasteiger partial charge < -0.3 is 20.4 Å². The second kappa shape index (κ2) is 6.67. The molecular formula is C20H17N2O4P. The number of carbonyl (C=O) groups is 1. The van der Waals surface area contributed by atoms with E-state index in [1.54, 1.807) is 12.1 Å². The van der Waals surface area contributed by atoms with E-state index in [-0.39, 0.29) is 11.2 Å². The van der Waals surface area contributed by atoms with Crippen LogP contribution in [0.25, 0.3) is 5.70 Å². The van der Waals surface area contributed by atoms with Crippen LogP contribution in [0.4, 0.5) is 5.69 Å². The third kappa shape index (κ3) is 3.26. The molecule has 0 fully saturated rings. The number of amides is 1. The van der Waals surface area contributed by atoms with Gasteiger partial charge in [-0.2, -0.15) is 0 Å². The first-order chi connectivity index (χ1) is 12.9. The number of para-hydroxylation sites is 1. The van der Waals surface area contributed by atoms with E-state index < -0.39 is 13.5 Å². The van der Waals surface area contributed by atoms with Crippen LogP contribution in [0.5, 0.6) is 0 Å². The van der Waals surface area contributed by atoms with E-state index in [0.29, 0.717) is 5.56 Å². The summed E-state index contributed by atoms with van der Waals surface area (Å²) in [5.74, 6) is -0.690. The molecule has 2 aliphatic rings. The lowest BCUT2D eigenvalue weighted by Gasteiger charge is -2.13. The molecule has 0 saturated carbocycles. The highest BCUT2D eigenvalue weighted by Crippen LogP contribution is 2.41. The highest BCUT2D eigenvalue weighted by Gasteiger charge is 2.34. The van der Waals surface area contributed by atoms with Crippen molar-refractivity contribution >= 4 is 30.2 Å². The molecule has 1 amide bonds. The fraction of sp³-hybridized carbons (Fsp3) is 0.0500. The molecule has 0 aliphatic carbocycles. The maximum atomic E-state index is 12.7. The van der Waals surface area contributed by atoms with E-state index in [0.717, 1.165) is 22.5 Å². The molecule has 0 radical (unpaired) electrons. The number of carbonyl (C=O) groups excluding carboxylic acids is 1. The summed E-state index contributed by atoms with van der Waals surface area (Å²) in [5.41, 5.74) is 4.01. The molecular weight excluding hydrogens is 363 g/mol. The van der Waals surface area contributed by atoms with E-state index in [4.69, 9.17) is 0 Å². The molecule has 6 nitrogen and oxygen atoms in total. The molecule has 27 heavy (non-hydrogen) atoms. The van der Waals surface area contributed by atoms with Crippen molar-refractivity contribution < 1.29 is 19.1 Å². The minimum atomic E-state index is -4.31. The number of allylic oxidation sites excluding steroid dienone is 4. The Hall–Kier alpha value is -2.92. The van der Waals surface area contributed by atoms with Crippen LogP contribution in [-0.4, -0.2) is 15.7 Å². The van der Waals surface area contributed by atoms with Crippen molar-refractivity contribution in [3.8, 4) is 0 Å². The molecule has 4 rings (SSSR count). The number of hydrogen-bond donors (Lipinski definition) is 4. The monoisotopic (exact) mass is 380 g/mol. The Morgan fingerprint density at radius 3 is 2.48 bits per heavy atom. The Morgan fingerprint density at radius 2 is 1.74 bits per heavy atom. The topological polar surface area (TPSA) is 98.7 Å². The van der Waals surface area contributed by atoms with Crippen LogP contribution in [0, 0.1) is 0 Å². The number of nitrogens with one attached hydrogen (secondary N) is 2. The summed E-state index contributed by atoms with van der Waals surface area (Å²) in [4.78, 5) is 31.2. The van der Waals surface area contributed by atoms with Gasteiger partial charge in [-0.3, -0.25) is 9.36 Å². The summed E-state index contributed by atoms with van der Waals surface area (Å²) in [6, 6.07) is 11.6. The molecule has 0 bridgehead atoms. The van der Waals surface area contributed by atoms with Crippen LogP contribution >= 0.6 is 7.60 Å². The molecule has 2 aromatic rings. The summed E-state index contributed by atoms with van der Waals surface area (Å²) in [7, 11) is -4.31. The molecule has 0 spiro atoms. The van der Waals surface area contributed by atoms with Gasteiger partial charge in [-0.15, -0.1) is 0 Å². The predicted octanol–water partition coefficient (Wildman–Crippen LogP) is 2.59. The SMILES string of the molecule is O=C1Nc2c(C3=CC=CC=CN3)cccc2C1c1ccc(P(=O)(O)O)cc1. The lowest BCUT2D eigenvalue weighted by atomic mass is 9.91. The maximum Gasteiger partial charge on any atom is 0.356 e. The maximum absolute atomic E-state index is 12.7. The normalized spacial score (nSPS) is 18.4. The largest absolute Gasteiger partial charge is 0.361 e. The van der Waals surface area contributed by atoms with Gasteiger partial charge in [-0.25, -0.2) is 0 Å². The number of benzene rings is 2. The summed E-state index contributed by atoms with van der Waals surface area (Å²) >= 11 is 0. The molecule has 2 heterocycles. The second-order valence-electron chi connectivity index (χ2n) is 6.30. The van der Waals surface area contributed by atoms with Crippen molar-refractivity contribution in [3.63, 3.8) is 0 Å². The van der Waals surface area contributed by atoms with Gasteiger partial charge in [0, 0.05) is 17.5 Å². The van der Waals surface area contributed by atoms with Crippen LogP contribution in [0.3, 0.4) is 0 Å². The van der Waals surface area contributed by atoms with Gasteiger partial charge in [0.15, 0.2) is 0 Å². The first-order valence-corrected chi connectivity index (χ1v) is 9.96. The van der Waals surface area contributed by atoms with E-state index in [2.05, 4.69) is 10.6 Å². The van der Waals surface area contributed by atoms with E-state index in [9.17, 15) is 19.1 Å². The molecule has 7 heteroatoms. The average molecular weight is 380 g/mol. The van der Waals surface area contributed by atoms with Gasteiger partial charge in [-0.05, 0) is 35.4 Å². The Morgan fingerprint density at radius 1 is 0.963 bits per heavy atom. The Balaban J connectivity index is 1.75. The molecule has 1 atom stereocenters. The Bertz CT molecular complexity index is 1050. The van der Waals surface area contributed by atoms with Crippen molar-refractivity contribution in [1.82, 2.24) is 5.32 Å². The van der Waals surface area contributed by atoms with Gasteiger partial charge in [-0.1, -0.05) is 42.5 Å². The second-order valence-corrected chi connectivity index (χ2v) is 7.90. The van der Waals surface area contributed by atoms with Crippen LogP contribution in [0.15, 0.2) is 73.0 Å². The lowest BCUT2D eigenvalue weighted by molar-refractivity contribution is -0.116. The third-order valence-corrected chi connectivity index (χ3v) is 5.56. The number of rotatable bonds is 3. The summed E-state index contributed by atoms with van der Waals surface area (Å²) in [6.07, 6.45) is 9.47. The third-order valence-electron chi connectivity index (χ3n) is 4.59. The Kier molecular flexibility index (Phi) is 4.32. The fourth-order valence-electron chi connectivity index (χ4n) is 3.33. The standard InChI is InChI=1S/C20H17N2O4P/c23-20-18(13-8-10-14(11-9-13)27(24,25)26)16-6-4-5-15(19(16)22-20)17-7-2-1-3-12-21-17/h1-12,18,21H,(H,22,23)(H2,24,25,26). The van der Waals surface area contributed by atoms with Crippen LogP contribution in [0.1, 0.15) is 22.6 Å². The zero-order valence-corrected chi connectivity index (χ0v) is 15.1. The predicted molar refractivity (Wildman–Crippen MR) is 104 cm³/mol. The van der Waals surface area contributed by atoms with E-state index in [1.807, 2.05) is 48.7 Å². The molecule has 136 valence electrons. The molecule has 4 N–H and O–H groups in total. The van der Waals surface area contributed by atoms with Gasteiger partial charge >= 0.3 is 7.60 Å². The minimum absolute atomic E-state index is 0.0648. The number of anilines is 1. The van der Waals surface area contributed by atoms with Crippen LogP contribution < -0.4 is 15.9 Å². The first-order valence-electron chi connectivity index (χ1n) is 8.35. The number of hydrogen-bond acceptors (Lipinski definition) is 3. The molecule has 0 aromatic heterocycles. The van der Waals surface area contributed by atoms with Crippen LogP contribution in [0.2, 0.25) is 0 Å². The average Bonchev–Trinajstić information content (AvgIpc) is 2.81. The van der Waals surface area contributed by atoms with E-state index in [1.165, 1.54) is 12.1 Å². The van der Waals surface area contributed by atoms with Gasteiger partial charge in [0.1, 0.15) is 0 Å². The summed E-state index contributed by atoms with van der Waals surface area (Å²) in [6.45, 7) is 0. The smallest absolute Gasteiger partial charge is 0.356 e. The fourth-order valence-corrected chi connectivity index (χ4v) is 3.87. The highest BCUT2D eigenvalue weighted by molar-refractivity contribution is 7.60. The minimum Gasteiger partial charge on any atom is -0.361 e. The van der Waals surface area contributed by atoms with Crippen LogP contribution in [-0.2, 0) is 9.36 Å². The van der Waals surface area contributed by atoms with E-state index >= 15 is 0 Å². The summed E-state index contributed by atoms with van der Waals surface area (Å²) in [5, 5.41) is 6.09. The van der Waals surface area contributed by atoms with Crippen molar-refractivity contribution in [1.29, 1.82) is 0 Å². The van der Waals surface area contributed by atoms with Gasteiger partial charge in [0.25, 0.3) is 0 Å². The van der Waals surface area contributed by atoms with Crippen molar-refractivity contribution in [2.24, 2.45) is 0 Å². The zero-order valence-electron chi connectivity index (χ0n) is 14.2. The van der Waals surface area contributed by atoms with Crippen molar-refractivity contribution in [3.05, 3.63) is 89.7 Å². The highest BCUT2D eigenvalue weighted by atomic mass is 31.2.